The van der Waals surface area contributed by atoms with Crippen LogP contribution >= 0.6 is 0 Å². The first-order valence-electron chi connectivity index (χ1n) is 9.68. The quantitative estimate of drug-likeness (QED) is 0.289. The van der Waals surface area contributed by atoms with E-state index in [0.717, 1.165) is 6.42 Å². The molecule has 1 aliphatic carbocycles. The first kappa shape index (κ1) is 13.8. The summed E-state index contributed by atoms with van der Waals surface area (Å²) >= 11 is 0. The molecule has 5 aromatic carbocycles. The molecular weight excluding hydrogens is 326 g/mol. The summed E-state index contributed by atoms with van der Waals surface area (Å²) in [5.41, 5.74) is 5.53. The Morgan fingerprint density at radius 2 is 1.26 bits per heavy atom. The number of aromatic amines is 1. The third-order valence-electron chi connectivity index (χ3n) is 6.46. The van der Waals surface area contributed by atoms with Gasteiger partial charge < -0.3 is 4.98 Å². The van der Waals surface area contributed by atoms with Gasteiger partial charge in [-0.3, -0.25) is 0 Å². The van der Waals surface area contributed by atoms with Gasteiger partial charge in [-0.25, -0.2) is 0 Å². The van der Waals surface area contributed by atoms with Crippen molar-refractivity contribution in [3.8, 4) is 0 Å². The van der Waals surface area contributed by atoms with Crippen molar-refractivity contribution in [3.63, 3.8) is 0 Å². The normalized spacial score (nSPS) is 13.6. The van der Waals surface area contributed by atoms with E-state index in [2.05, 4.69) is 77.8 Å². The van der Waals surface area contributed by atoms with Crippen LogP contribution in [0.1, 0.15) is 11.1 Å². The highest BCUT2D eigenvalue weighted by Gasteiger charge is 2.18. The lowest BCUT2D eigenvalue weighted by Crippen LogP contribution is -1.84. The molecule has 1 nitrogen and oxygen atoms in total. The summed E-state index contributed by atoms with van der Waals surface area (Å²) in [7, 11) is 0. The van der Waals surface area contributed by atoms with Crippen LogP contribution in [0.4, 0.5) is 0 Å². The predicted octanol–water partition coefficient (Wildman–Crippen LogP) is 6.88. The van der Waals surface area contributed by atoms with E-state index in [1.54, 1.807) is 0 Å². The fourth-order valence-corrected chi connectivity index (χ4v) is 5.24. The molecular formula is C26H17N. The zero-order valence-corrected chi connectivity index (χ0v) is 14.8. The number of benzene rings is 5. The minimum atomic E-state index is 1.16. The fourth-order valence-electron chi connectivity index (χ4n) is 5.24. The van der Waals surface area contributed by atoms with Crippen molar-refractivity contribution in [2.45, 2.75) is 12.8 Å². The van der Waals surface area contributed by atoms with Crippen molar-refractivity contribution in [3.05, 3.63) is 83.9 Å². The zero-order valence-electron chi connectivity index (χ0n) is 14.8. The maximum atomic E-state index is 3.80. The molecule has 0 amide bonds. The topological polar surface area (TPSA) is 15.8 Å². The second kappa shape index (κ2) is 4.69. The van der Waals surface area contributed by atoms with Crippen molar-refractivity contribution in [2.24, 2.45) is 0 Å². The van der Waals surface area contributed by atoms with Gasteiger partial charge in [-0.2, -0.15) is 0 Å². The average Bonchev–Trinajstić information content (AvgIpc) is 3.31. The molecule has 7 rings (SSSR count). The van der Waals surface area contributed by atoms with Crippen LogP contribution in [0, 0.1) is 0 Å². The predicted molar refractivity (Wildman–Crippen MR) is 116 cm³/mol. The Labute approximate surface area is 156 Å². The highest BCUT2D eigenvalue weighted by Crippen LogP contribution is 2.40. The van der Waals surface area contributed by atoms with E-state index in [1.807, 2.05) is 0 Å². The molecule has 27 heavy (non-hydrogen) atoms. The summed E-state index contributed by atoms with van der Waals surface area (Å²) in [6.45, 7) is 0. The largest absolute Gasteiger partial charge is 0.353 e. The minimum absolute atomic E-state index is 1.16. The van der Waals surface area contributed by atoms with Gasteiger partial charge in [0.25, 0.3) is 0 Å². The van der Waals surface area contributed by atoms with Gasteiger partial charge in [0, 0.05) is 21.5 Å². The number of hydrogen-bond acceptors (Lipinski definition) is 0. The molecule has 1 heterocycles. The number of H-pyrrole nitrogens is 1. The standard InChI is InChI=1S/C26H17N/c1-2-6-18-15(4-1)10-11-21-22-13-12-19-20-7-3-5-16-8-9-17(24(16)20)14-23(19)26(22)27-25(18)21/h1-7,10-14,27H,8-9H2. The van der Waals surface area contributed by atoms with E-state index in [9.17, 15) is 0 Å². The van der Waals surface area contributed by atoms with E-state index >= 15 is 0 Å². The van der Waals surface area contributed by atoms with Crippen LogP contribution in [-0.4, -0.2) is 4.98 Å². The second-order valence-corrected chi connectivity index (χ2v) is 7.79. The molecule has 0 bridgehead atoms. The zero-order chi connectivity index (χ0) is 17.5. The molecule has 126 valence electrons. The Kier molecular flexibility index (Phi) is 2.40. The lowest BCUT2D eigenvalue weighted by molar-refractivity contribution is 1.03. The Morgan fingerprint density at radius 3 is 2.22 bits per heavy atom. The number of nitrogens with one attached hydrogen (secondary N) is 1. The summed E-state index contributed by atoms with van der Waals surface area (Å²) in [5, 5.41) is 10.8. The molecule has 0 atom stereocenters. The maximum absolute atomic E-state index is 3.80. The van der Waals surface area contributed by atoms with Crippen LogP contribution in [0.3, 0.4) is 0 Å². The smallest absolute Gasteiger partial charge is 0.0545 e. The molecule has 0 fully saturated rings. The Bertz CT molecular complexity index is 1570. The van der Waals surface area contributed by atoms with Gasteiger partial charge in [-0.1, -0.05) is 66.7 Å². The first-order chi connectivity index (χ1) is 13.4. The molecule has 6 aromatic rings. The van der Waals surface area contributed by atoms with Gasteiger partial charge in [-0.15, -0.1) is 0 Å². The molecule has 1 heteroatoms. The van der Waals surface area contributed by atoms with Crippen molar-refractivity contribution in [1.29, 1.82) is 0 Å². The van der Waals surface area contributed by atoms with Crippen LogP contribution < -0.4 is 0 Å². The van der Waals surface area contributed by atoms with Crippen molar-refractivity contribution in [2.75, 3.05) is 0 Å². The summed E-state index contributed by atoms with van der Waals surface area (Å²) in [6.07, 6.45) is 2.33. The minimum Gasteiger partial charge on any atom is -0.353 e. The monoisotopic (exact) mass is 343 g/mol. The molecule has 0 radical (unpaired) electrons. The Balaban J connectivity index is 1.73. The van der Waals surface area contributed by atoms with Crippen LogP contribution in [-0.2, 0) is 12.8 Å². The number of rotatable bonds is 0. The summed E-state index contributed by atoms with van der Waals surface area (Å²) in [6, 6.07) is 27.0. The lowest BCUT2D eigenvalue weighted by Gasteiger charge is -2.08. The van der Waals surface area contributed by atoms with E-state index in [4.69, 9.17) is 0 Å². The van der Waals surface area contributed by atoms with Crippen LogP contribution in [0.2, 0.25) is 0 Å². The SMILES string of the molecule is c1ccc2c(c1)ccc1c3ccc4c5cccc6c5c(cc4c3[nH]c21)CC6. The Morgan fingerprint density at radius 1 is 0.519 bits per heavy atom. The third-order valence-corrected chi connectivity index (χ3v) is 6.46. The third kappa shape index (κ3) is 1.65. The molecule has 0 spiro atoms. The number of aryl methyl sites for hydroxylation is 2. The number of aromatic nitrogens is 1. The fraction of sp³-hybridized carbons (Fsp3) is 0.0769. The van der Waals surface area contributed by atoms with Crippen LogP contribution in [0.15, 0.2) is 72.8 Å². The maximum Gasteiger partial charge on any atom is 0.0545 e. The van der Waals surface area contributed by atoms with Gasteiger partial charge in [0.2, 0.25) is 0 Å². The Hall–Kier alpha value is -3.32. The second-order valence-electron chi connectivity index (χ2n) is 7.79. The van der Waals surface area contributed by atoms with Crippen LogP contribution in [0.25, 0.3) is 54.1 Å². The van der Waals surface area contributed by atoms with E-state index < -0.39 is 0 Å². The highest BCUT2D eigenvalue weighted by atomic mass is 14.7. The van der Waals surface area contributed by atoms with Crippen molar-refractivity contribution in [1.82, 2.24) is 4.98 Å². The van der Waals surface area contributed by atoms with Gasteiger partial charge in [0.1, 0.15) is 0 Å². The molecule has 1 aromatic heterocycles. The summed E-state index contributed by atoms with van der Waals surface area (Å²) in [5.74, 6) is 0. The highest BCUT2D eigenvalue weighted by molar-refractivity contribution is 6.25. The van der Waals surface area contributed by atoms with E-state index in [-0.39, 0.29) is 0 Å². The summed E-state index contributed by atoms with van der Waals surface area (Å²) in [4.78, 5) is 3.80. The van der Waals surface area contributed by atoms with Gasteiger partial charge in [-0.05, 0) is 51.6 Å². The molecule has 0 saturated carbocycles. The molecule has 0 aliphatic heterocycles. The molecule has 0 saturated heterocycles. The number of hydrogen-bond donors (Lipinski definition) is 1. The first-order valence-corrected chi connectivity index (χ1v) is 9.68. The number of fused-ring (bicyclic) bond motifs is 8. The van der Waals surface area contributed by atoms with Crippen LogP contribution in [0.5, 0.6) is 0 Å². The van der Waals surface area contributed by atoms with E-state index in [0.29, 0.717) is 0 Å². The molecule has 0 unspecified atom stereocenters. The van der Waals surface area contributed by atoms with Crippen molar-refractivity contribution < 1.29 is 0 Å². The van der Waals surface area contributed by atoms with Gasteiger partial charge in [0.15, 0.2) is 0 Å². The van der Waals surface area contributed by atoms with Crippen molar-refractivity contribution >= 4 is 54.1 Å². The summed E-state index contributed by atoms with van der Waals surface area (Å²) < 4.78 is 0. The average molecular weight is 343 g/mol. The van der Waals surface area contributed by atoms with E-state index in [1.165, 1.54) is 71.7 Å². The molecule has 1 N–H and O–H groups in total. The molecule has 1 aliphatic rings. The lowest BCUT2D eigenvalue weighted by atomic mass is 9.96. The van der Waals surface area contributed by atoms with Gasteiger partial charge >= 0.3 is 0 Å². The van der Waals surface area contributed by atoms with Gasteiger partial charge in [0.05, 0.1) is 11.0 Å².